The van der Waals surface area contributed by atoms with Gasteiger partial charge in [0.1, 0.15) is 0 Å². The highest BCUT2D eigenvalue weighted by atomic mass is 16.4. The molecule has 0 atom stereocenters. The third-order valence-corrected chi connectivity index (χ3v) is 1.67. The summed E-state index contributed by atoms with van der Waals surface area (Å²) < 4.78 is 0. The molecule has 16 heavy (non-hydrogen) atoms. The first kappa shape index (κ1) is 14.0. The van der Waals surface area contributed by atoms with Crippen LogP contribution in [0.1, 0.15) is 6.42 Å². The fraction of sp³-hybridized carbons (Fsp3) is 0.273. The molecule has 0 saturated carbocycles. The van der Waals surface area contributed by atoms with Gasteiger partial charge >= 0.3 is 12.0 Å². The fourth-order valence-electron chi connectivity index (χ4n) is 0.878. The number of hydrogen-bond acceptors (Lipinski definition) is 2. The molecule has 2 amide bonds. The van der Waals surface area contributed by atoms with Gasteiger partial charge in [0.15, 0.2) is 0 Å². The van der Waals surface area contributed by atoms with E-state index in [9.17, 15) is 9.59 Å². The molecule has 0 rings (SSSR count). The van der Waals surface area contributed by atoms with Crippen LogP contribution >= 0.6 is 0 Å². The molecular weight excluding hydrogens is 208 g/mol. The minimum atomic E-state index is -0.946. The summed E-state index contributed by atoms with van der Waals surface area (Å²) in [5.41, 5.74) is 0.823. The predicted molar refractivity (Wildman–Crippen MR) is 62.1 cm³/mol. The zero-order valence-electron chi connectivity index (χ0n) is 9.03. The predicted octanol–water partition coefficient (Wildman–Crippen LogP) is 1.06. The Labute approximate surface area is 94.5 Å². The zero-order chi connectivity index (χ0) is 12.4. The SMILES string of the molecule is C=C/C=C(\C=C)CNC(=O)NCCC(=O)O. The average molecular weight is 224 g/mol. The third-order valence-electron chi connectivity index (χ3n) is 1.67. The number of carboxylic acids is 1. The highest BCUT2D eigenvalue weighted by molar-refractivity contribution is 5.75. The van der Waals surface area contributed by atoms with Crippen LogP contribution in [0.2, 0.25) is 0 Å². The molecule has 3 N–H and O–H groups in total. The molecule has 5 nitrogen and oxygen atoms in total. The summed E-state index contributed by atoms with van der Waals surface area (Å²) >= 11 is 0. The van der Waals surface area contributed by atoms with Crippen LogP contribution in [0.4, 0.5) is 4.79 Å². The summed E-state index contributed by atoms with van der Waals surface area (Å²) in [7, 11) is 0. The van der Waals surface area contributed by atoms with Gasteiger partial charge in [0.2, 0.25) is 0 Å². The van der Waals surface area contributed by atoms with E-state index < -0.39 is 12.0 Å². The van der Waals surface area contributed by atoms with E-state index in [0.717, 1.165) is 5.57 Å². The van der Waals surface area contributed by atoms with Gasteiger partial charge in [0.25, 0.3) is 0 Å². The Morgan fingerprint density at radius 3 is 2.44 bits per heavy atom. The smallest absolute Gasteiger partial charge is 0.315 e. The molecule has 0 aliphatic carbocycles. The molecule has 0 saturated heterocycles. The highest BCUT2D eigenvalue weighted by Crippen LogP contribution is 1.93. The normalized spacial score (nSPS) is 10.4. The van der Waals surface area contributed by atoms with Crippen molar-refractivity contribution in [1.82, 2.24) is 10.6 Å². The van der Waals surface area contributed by atoms with E-state index in [1.54, 1.807) is 18.2 Å². The lowest BCUT2D eigenvalue weighted by Crippen LogP contribution is -2.37. The van der Waals surface area contributed by atoms with Crippen LogP contribution < -0.4 is 10.6 Å². The van der Waals surface area contributed by atoms with Crippen molar-refractivity contribution in [3.05, 3.63) is 37.0 Å². The Hall–Kier alpha value is -2.04. The second kappa shape index (κ2) is 8.28. The maximum Gasteiger partial charge on any atom is 0.315 e. The van der Waals surface area contributed by atoms with E-state index >= 15 is 0 Å². The van der Waals surface area contributed by atoms with Crippen molar-refractivity contribution in [3.63, 3.8) is 0 Å². The van der Waals surface area contributed by atoms with Crippen molar-refractivity contribution in [2.24, 2.45) is 0 Å². The number of amides is 2. The van der Waals surface area contributed by atoms with Crippen LogP contribution in [-0.4, -0.2) is 30.2 Å². The summed E-state index contributed by atoms with van der Waals surface area (Å²) in [5.74, 6) is -0.946. The second-order valence-electron chi connectivity index (χ2n) is 2.93. The quantitative estimate of drug-likeness (QED) is 0.566. The Morgan fingerprint density at radius 2 is 1.94 bits per heavy atom. The first-order chi connectivity index (χ1) is 7.60. The Morgan fingerprint density at radius 1 is 1.25 bits per heavy atom. The average Bonchev–Trinajstić information content (AvgIpc) is 2.23. The van der Waals surface area contributed by atoms with Gasteiger partial charge in [0.05, 0.1) is 6.42 Å². The number of rotatable bonds is 7. The molecule has 0 aromatic carbocycles. The molecule has 0 fully saturated rings. The van der Waals surface area contributed by atoms with Gasteiger partial charge in [-0.15, -0.1) is 0 Å². The molecule has 0 spiro atoms. The summed E-state index contributed by atoms with van der Waals surface area (Å²) in [6, 6.07) is -0.405. The molecule has 5 heteroatoms. The van der Waals surface area contributed by atoms with E-state index in [1.165, 1.54) is 0 Å². The number of hydrogen-bond donors (Lipinski definition) is 3. The van der Waals surface area contributed by atoms with E-state index in [2.05, 4.69) is 23.8 Å². The summed E-state index contributed by atoms with van der Waals surface area (Å²) in [5, 5.41) is 13.3. The number of carboxylic acid groups (broad SMARTS) is 1. The number of nitrogens with one attached hydrogen (secondary N) is 2. The number of carbonyl (C=O) groups excluding carboxylic acids is 1. The molecule has 0 aliphatic rings. The lowest BCUT2D eigenvalue weighted by Gasteiger charge is -2.06. The number of urea groups is 1. The van der Waals surface area contributed by atoms with Crippen LogP contribution in [-0.2, 0) is 4.79 Å². The maximum atomic E-state index is 11.1. The van der Waals surface area contributed by atoms with Crippen LogP contribution in [0.15, 0.2) is 37.0 Å². The molecule has 0 heterocycles. The van der Waals surface area contributed by atoms with Crippen LogP contribution in [0.3, 0.4) is 0 Å². The number of aliphatic carboxylic acids is 1. The fourth-order valence-corrected chi connectivity index (χ4v) is 0.878. The molecule has 88 valence electrons. The van der Waals surface area contributed by atoms with Crippen molar-refractivity contribution in [1.29, 1.82) is 0 Å². The van der Waals surface area contributed by atoms with E-state index in [0.29, 0.717) is 6.54 Å². The van der Waals surface area contributed by atoms with Crippen molar-refractivity contribution in [3.8, 4) is 0 Å². The maximum absolute atomic E-state index is 11.1. The minimum Gasteiger partial charge on any atom is -0.481 e. The van der Waals surface area contributed by atoms with Crippen LogP contribution in [0.25, 0.3) is 0 Å². The van der Waals surface area contributed by atoms with Gasteiger partial charge < -0.3 is 15.7 Å². The molecule has 0 bridgehead atoms. The topological polar surface area (TPSA) is 78.4 Å². The molecule has 0 radical (unpaired) electrons. The zero-order valence-corrected chi connectivity index (χ0v) is 9.03. The summed E-state index contributed by atoms with van der Waals surface area (Å²) in [6.07, 6.45) is 4.84. The third kappa shape index (κ3) is 7.37. The number of carbonyl (C=O) groups is 2. The Balaban J connectivity index is 3.80. The van der Waals surface area contributed by atoms with Gasteiger partial charge in [0, 0.05) is 13.1 Å². The molecule has 0 aliphatic heterocycles. The summed E-state index contributed by atoms with van der Waals surface area (Å²) in [4.78, 5) is 21.3. The first-order valence-corrected chi connectivity index (χ1v) is 4.77. The van der Waals surface area contributed by atoms with Gasteiger partial charge in [-0.2, -0.15) is 0 Å². The highest BCUT2D eigenvalue weighted by Gasteiger charge is 2.01. The van der Waals surface area contributed by atoms with Crippen molar-refractivity contribution < 1.29 is 14.7 Å². The van der Waals surface area contributed by atoms with Crippen LogP contribution in [0, 0.1) is 0 Å². The molecule has 0 aromatic heterocycles. The molecule has 0 unspecified atom stereocenters. The van der Waals surface area contributed by atoms with E-state index in [1.807, 2.05) is 0 Å². The van der Waals surface area contributed by atoms with Gasteiger partial charge in [-0.3, -0.25) is 4.79 Å². The molecule has 0 aromatic rings. The first-order valence-electron chi connectivity index (χ1n) is 4.77. The number of allylic oxidation sites excluding steroid dienone is 2. The Kier molecular flexibility index (Phi) is 7.23. The van der Waals surface area contributed by atoms with Crippen molar-refractivity contribution in [2.45, 2.75) is 6.42 Å². The van der Waals surface area contributed by atoms with Gasteiger partial charge in [-0.05, 0) is 5.57 Å². The monoisotopic (exact) mass is 224 g/mol. The van der Waals surface area contributed by atoms with E-state index in [-0.39, 0.29) is 13.0 Å². The Bertz CT molecular complexity index is 308. The lowest BCUT2D eigenvalue weighted by molar-refractivity contribution is -0.136. The minimum absolute atomic E-state index is 0.0930. The second-order valence-corrected chi connectivity index (χ2v) is 2.93. The largest absolute Gasteiger partial charge is 0.481 e. The molecular formula is C11H16N2O3. The van der Waals surface area contributed by atoms with Crippen molar-refractivity contribution >= 4 is 12.0 Å². The van der Waals surface area contributed by atoms with Crippen molar-refractivity contribution in [2.75, 3.05) is 13.1 Å². The van der Waals surface area contributed by atoms with E-state index in [4.69, 9.17) is 5.11 Å². The van der Waals surface area contributed by atoms with Gasteiger partial charge in [-0.25, -0.2) is 4.79 Å². The standard InChI is InChI=1S/C11H16N2O3/c1-3-5-9(4-2)8-13-11(16)12-7-6-10(14)15/h3-5H,1-2,6-8H2,(H,14,15)(H2,12,13,16)/b9-5+. The lowest BCUT2D eigenvalue weighted by atomic mass is 10.2. The van der Waals surface area contributed by atoms with Crippen LogP contribution in [0.5, 0.6) is 0 Å². The van der Waals surface area contributed by atoms with Gasteiger partial charge in [-0.1, -0.05) is 31.4 Å². The summed E-state index contributed by atoms with van der Waals surface area (Å²) in [6.45, 7) is 7.54.